The number of hydrogen-bond donors (Lipinski definition) is 1. The summed E-state index contributed by atoms with van der Waals surface area (Å²) in [5.74, 6) is 0. The Balaban J connectivity index is 0.00000162. The van der Waals surface area contributed by atoms with Crippen LogP contribution in [0.5, 0.6) is 0 Å². The van der Waals surface area contributed by atoms with E-state index in [0.717, 1.165) is 13.1 Å². The molecule has 1 saturated carbocycles. The molecular weight excluding hydrogens is 268 g/mol. The maximum atomic E-state index is 5.65. The summed E-state index contributed by atoms with van der Waals surface area (Å²) in [6.07, 6.45) is 5.88. The number of likely N-dealkylation sites (N-methyl/N-ethyl adjacent to an activating group) is 2. The molecule has 1 heterocycles. The van der Waals surface area contributed by atoms with Crippen LogP contribution in [-0.4, -0.2) is 48.0 Å². The molecule has 0 bridgehead atoms. The molecule has 18 heavy (non-hydrogen) atoms. The summed E-state index contributed by atoms with van der Waals surface area (Å²) in [6, 6.07) is 0. The quantitative estimate of drug-likeness (QED) is 0.902. The highest BCUT2D eigenvalue weighted by molar-refractivity contribution is 7.15. The first-order valence-corrected chi connectivity index (χ1v) is 6.90. The topological polar surface area (TPSA) is 45.4 Å². The number of anilines is 1. The number of halogens is 1. The molecule has 0 radical (unpaired) electrons. The van der Waals surface area contributed by atoms with Crippen LogP contribution in [0, 0.1) is 0 Å². The molecule has 1 fully saturated rings. The summed E-state index contributed by atoms with van der Waals surface area (Å²) in [5, 5.41) is 0.666. The van der Waals surface area contributed by atoms with Gasteiger partial charge in [-0.05, 0) is 40.4 Å². The summed E-state index contributed by atoms with van der Waals surface area (Å²) >= 11 is 1.59. The number of nitrogens with two attached hydrogens (primary N) is 1. The Morgan fingerprint density at radius 2 is 2.06 bits per heavy atom. The Labute approximate surface area is 120 Å². The maximum Gasteiger partial charge on any atom is 0.180 e. The summed E-state index contributed by atoms with van der Waals surface area (Å²) < 4.78 is 0. The van der Waals surface area contributed by atoms with Crippen LogP contribution in [0.15, 0.2) is 6.20 Å². The van der Waals surface area contributed by atoms with E-state index in [4.69, 9.17) is 5.73 Å². The highest BCUT2D eigenvalue weighted by Gasteiger charge is 2.39. The van der Waals surface area contributed by atoms with E-state index in [1.807, 2.05) is 6.20 Å². The predicted molar refractivity (Wildman–Crippen MR) is 80.4 cm³/mol. The van der Waals surface area contributed by atoms with Gasteiger partial charge in [-0.1, -0.05) is 0 Å². The molecule has 0 unspecified atom stereocenters. The molecule has 0 saturated heterocycles. The molecule has 1 aliphatic rings. The van der Waals surface area contributed by atoms with Gasteiger partial charge in [0, 0.05) is 29.7 Å². The lowest BCUT2D eigenvalue weighted by molar-refractivity contribution is 0.0261. The number of aromatic nitrogens is 1. The Kier molecular flexibility index (Phi) is 5.40. The Bertz CT molecular complexity index is 376. The molecule has 2 N–H and O–H groups in total. The SMILES string of the molecule is CN(Cc1cnc(N)s1)CC1(N(C)C)CCC1.Cl. The molecule has 0 aromatic carbocycles. The van der Waals surface area contributed by atoms with Gasteiger partial charge in [-0.15, -0.1) is 23.7 Å². The Hall–Kier alpha value is -0.360. The summed E-state index contributed by atoms with van der Waals surface area (Å²) in [6.45, 7) is 2.07. The molecule has 1 aromatic rings. The van der Waals surface area contributed by atoms with Crippen molar-refractivity contribution >= 4 is 28.9 Å². The van der Waals surface area contributed by atoms with Crippen molar-refractivity contribution in [2.45, 2.75) is 31.3 Å². The second-order valence-electron chi connectivity index (χ2n) is 5.31. The minimum absolute atomic E-state index is 0. The summed E-state index contributed by atoms with van der Waals surface area (Å²) in [7, 11) is 6.56. The third-order valence-corrected chi connectivity index (χ3v) is 4.61. The Morgan fingerprint density at radius 3 is 2.44 bits per heavy atom. The van der Waals surface area contributed by atoms with Crippen LogP contribution in [0.4, 0.5) is 5.13 Å². The van der Waals surface area contributed by atoms with Crippen molar-refractivity contribution in [1.82, 2.24) is 14.8 Å². The van der Waals surface area contributed by atoms with Crippen LogP contribution in [-0.2, 0) is 6.54 Å². The van der Waals surface area contributed by atoms with Gasteiger partial charge < -0.3 is 10.6 Å². The molecule has 0 spiro atoms. The molecule has 1 aromatic heterocycles. The largest absolute Gasteiger partial charge is 0.375 e. The van der Waals surface area contributed by atoms with E-state index in [2.05, 4.69) is 35.9 Å². The van der Waals surface area contributed by atoms with Crippen LogP contribution in [0.25, 0.3) is 0 Å². The highest BCUT2D eigenvalue weighted by Crippen LogP contribution is 2.36. The van der Waals surface area contributed by atoms with E-state index < -0.39 is 0 Å². The molecule has 104 valence electrons. The van der Waals surface area contributed by atoms with Crippen LogP contribution >= 0.6 is 23.7 Å². The van der Waals surface area contributed by atoms with Crippen LogP contribution in [0.1, 0.15) is 24.1 Å². The number of thiazole rings is 1. The fraction of sp³-hybridized carbons (Fsp3) is 0.750. The van der Waals surface area contributed by atoms with Gasteiger partial charge in [0.25, 0.3) is 0 Å². The molecule has 0 atom stereocenters. The molecule has 1 aliphatic carbocycles. The maximum absolute atomic E-state index is 5.65. The molecule has 2 rings (SSSR count). The molecule has 0 amide bonds. The second-order valence-corrected chi connectivity index (χ2v) is 6.46. The van der Waals surface area contributed by atoms with Crippen LogP contribution < -0.4 is 5.73 Å². The third-order valence-electron chi connectivity index (χ3n) is 3.79. The third kappa shape index (κ3) is 3.35. The lowest BCUT2D eigenvalue weighted by Crippen LogP contribution is -2.56. The number of rotatable bonds is 5. The smallest absolute Gasteiger partial charge is 0.180 e. The lowest BCUT2D eigenvalue weighted by atomic mass is 9.75. The first-order valence-electron chi connectivity index (χ1n) is 6.08. The zero-order chi connectivity index (χ0) is 12.5. The average molecular weight is 291 g/mol. The van der Waals surface area contributed by atoms with E-state index in [1.54, 1.807) is 11.3 Å². The second kappa shape index (κ2) is 6.19. The fourth-order valence-corrected chi connectivity index (χ4v) is 3.32. The van der Waals surface area contributed by atoms with Crippen molar-refractivity contribution in [3.8, 4) is 0 Å². The van der Waals surface area contributed by atoms with Crippen molar-refractivity contribution in [3.63, 3.8) is 0 Å². The summed E-state index contributed by atoms with van der Waals surface area (Å²) in [4.78, 5) is 10.1. The van der Waals surface area contributed by atoms with Crippen molar-refractivity contribution in [3.05, 3.63) is 11.1 Å². The van der Waals surface area contributed by atoms with Crippen molar-refractivity contribution < 1.29 is 0 Å². The highest BCUT2D eigenvalue weighted by atomic mass is 35.5. The number of hydrogen-bond acceptors (Lipinski definition) is 5. The van der Waals surface area contributed by atoms with E-state index in [-0.39, 0.29) is 12.4 Å². The fourth-order valence-electron chi connectivity index (χ4n) is 2.55. The monoisotopic (exact) mass is 290 g/mol. The molecule has 4 nitrogen and oxygen atoms in total. The van der Waals surface area contributed by atoms with Gasteiger partial charge in [0.05, 0.1) is 0 Å². The standard InChI is InChI=1S/C12H22N4S.ClH/c1-15(2)12(5-4-6-12)9-16(3)8-10-7-14-11(13)17-10;/h7H,4-6,8-9H2,1-3H3,(H2,13,14);1H. The van der Waals surface area contributed by atoms with Gasteiger partial charge in [-0.25, -0.2) is 4.98 Å². The molecule has 6 heteroatoms. The summed E-state index contributed by atoms with van der Waals surface area (Å²) in [5.41, 5.74) is 6.04. The first-order chi connectivity index (χ1) is 8.02. The first kappa shape index (κ1) is 15.7. The van der Waals surface area contributed by atoms with Crippen LogP contribution in [0.2, 0.25) is 0 Å². The van der Waals surface area contributed by atoms with Gasteiger partial charge in [-0.2, -0.15) is 0 Å². The zero-order valence-corrected chi connectivity index (χ0v) is 13.0. The van der Waals surface area contributed by atoms with Crippen LogP contribution in [0.3, 0.4) is 0 Å². The molecule has 0 aliphatic heterocycles. The van der Waals surface area contributed by atoms with E-state index in [0.29, 0.717) is 10.7 Å². The van der Waals surface area contributed by atoms with Gasteiger partial charge in [0.2, 0.25) is 0 Å². The van der Waals surface area contributed by atoms with Gasteiger partial charge >= 0.3 is 0 Å². The zero-order valence-electron chi connectivity index (χ0n) is 11.3. The minimum atomic E-state index is 0. The minimum Gasteiger partial charge on any atom is -0.375 e. The van der Waals surface area contributed by atoms with Crippen molar-refractivity contribution in [1.29, 1.82) is 0 Å². The van der Waals surface area contributed by atoms with Gasteiger partial charge in [0.15, 0.2) is 5.13 Å². The van der Waals surface area contributed by atoms with Crippen molar-refractivity contribution in [2.24, 2.45) is 0 Å². The van der Waals surface area contributed by atoms with E-state index in [9.17, 15) is 0 Å². The lowest BCUT2D eigenvalue weighted by Gasteiger charge is -2.49. The van der Waals surface area contributed by atoms with E-state index in [1.165, 1.54) is 24.1 Å². The number of nitrogens with zero attached hydrogens (tertiary/aromatic N) is 3. The van der Waals surface area contributed by atoms with E-state index >= 15 is 0 Å². The normalized spacial score (nSPS) is 17.6. The molecular formula is C12H23ClN4S. The van der Waals surface area contributed by atoms with Gasteiger partial charge in [0.1, 0.15) is 0 Å². The van der Waals surface area contributed by atoms with Crippen molar-refractivity contribution in [2.75, 3.05) is 33.4 Å². The predicted octanol–water partition coefficient (Wildman–Crippen LogP) is 2.06. The van der Waals surface area contributed by atoms with Gasteiger partial charge in [-0.3, -0.25) is 4.90 Å². The number of nitrogen functional groups attached to an aromatic ring is 1. The average Bonchev–Trinajstić information content (AvgIpc) is 2.57. The Morgan fingerprint density at radius 1 is 1.39 bits per heavy atom.